The molecule has 0 spiro atoms. The molecule has 1 amide bonds. The van der Waals surface area contributed by atoms with E-state index in [-0.39, 0.29) is 11.9 Å². The Morgan fingerprint density at radius 2 is 2.29 bits per heavy atom. The number of rotatable bonds is 4. The van der Waals surface area contributed by atoms with E-state index in [1.54, 1.807) is 12.1 Å². The van der Waals surface area contributed by atoms with Gasteiger partial charge in [0.05, 0.1) is 10.6 Å². The minimum Gasteiger partial charge on any atom is -0.336 e. The van der Waals surface area contributed by atoms with E-state index in [1.165, 1.54) is 12.8 Å². The van der Waals surface area contributed by atoms with Gasteiger partial charge in [-0.15, -0.1) is 0 Å². The van der Waals surface area contributed by atoms with Crippen molar-refractivity contribution in [2.45, 2.75) is 32.7 Å². The Morgan fingerprint density at radius 1 is 1.52 bits per heavy atom. The first-order valence-electron chi connectivity index (χ1n) is 7.45. The van der Waals surface area contributed by atoms with Gasteiger partial charge < -0.3 is 10.2 Å². The van der Waals surface area contributed by atoms with Crippen LogP contribution in [0.4, 0.5) is 0 Å². The van der Waals surface area contributed by atoms with Gasteiger partial charge in [-0.25, -0.2) is 0 Å². The summed E-state index contributed by atoms with van der Waals surface area (Å²) < 4.78 is 0.873. The molecule has 0 aliphatic carbocycles. The average Bonchev–Trinajstić information content (AvgIpc) is 2.47. The Kier molecular flexibility index (Phi) is 6.08. The lowest BCUT2D eigenvalue weighted by Gasteiger charge is -2.33. The Bertz CT molecular complexity index is 501. The first-order valence-corrected chi connectivity index (χ1v) is 8.63. The van der Waals surface area contributed by atoms with Crippen LogP contribution in [0.15, 0.2) is 22.7 Å². The highest BCUT2D eigenvalue weighted by Gasteiger charge is 2.25. The van der Waals surface area contributed by atoms with Crippen molar-refractivity contribution >= 4 is 33.4 Å². The Balaban J connectivity index is 2.16. The summed E-state index contributed by atoms with van der Waals surface area (Å²) in [7, 11) is 0. The van der Waals surface area contributed by atoms with E-state index >= 15 is 0 Å². The van der Waals surface area contributed by atoms with E-state index in [9.17, 15) is 4.79 Å². The van der Waals surface area contributed by atoms with Gasteiger partial charge in [0.2, 0.25) is 0 Å². The molecule has 1 heterocycles. The lowest BCUT2D eigenvalue weighted by molar-refractivity contribution is 0.0661. The van der Waals surface area contributed by atoms with Crippen molar-refractivity contribution in [3.8, 4) is 0 Å². The largest absolute Gasteiger partial charge is 0.336 e. The lowest BCUT2D eigenvalue weighted by Crippen LogP contribution is -2.44. The van der Waals surface area contributed by atoms with Crippen LogP contribution in [-0.2, 0) is 0 Å². The van der Waals surface area contributed by atoms with Gasteiger partial charge in [-0.2, -0.15) is 0 Å². The molecule has 1 aromatic rings. The van der Waals surface area contributed by atoms with Crippen LogP contribution in [0.1, 0.15) is 37.0 Å². The number of carbonyl (C=O) groups is 1. The summed E-state index contributed by atoms with van der Waals surface area (Å²) in [6.45, 7) is 6.97. The number of carbonyl (C=O) groups excluding carboxylic acids is 1. The van der Waals surface area contributed by atoms with Gasteiger partial charge in [-0.3, -0.25) is 4.79 Å². The van der Waals surface area contributed by atoms with E-state index in [0.717, 1.165) is 24.1 Å². The van der Waals surface area contributed by atoms with Crippen LogP contribution < -0.4 is 5.32 Å². The predicted octanol–water partition coefficient (Wildman–Crippen LogP) is 3.95. The van der Waals surface area contributed by atoms with Gasteiger partial charge >= 0.3 is 0 Å². The Hall–Kier alpha value is -0.580. The maximum absolute atomic E-state index is 12.8. The highest BCUT2D eigenvalue weighted by atomic mass is 79.9. The normalized spacial score (nSPS) is 18.8. The van der Waals surface area contributed by atoms with Crippen molar-refractivity contribution in [1.82, 2.24) is 10.2 Å². The zero-order valence-electron chi connectivity index (χ0n) is 12.5. The molecular weight excluding hydrogens is 352 g/mol. The van der Waals surface area contributed by atoms with Crippen molar-refractivity contribution in [2.24, 2.45) is 5.92 Å². The van der Waals surface area contributed by atoms with Crippen molar-refractivity contribution in [3.63, 3.8) is 0 Å². The molecule has 3 nitrogen and oxygen atoms in total. The molecule has 1 aliphatic rings. The van der Waals surface area contributed by atoms with Crippen molar-refractivity contribution < 1.29 is 4.79 Å². The average molecular weight is 374 g/mol. The highest BCUT2D eigenvalue weighted by molar-refractivity contribution is 9.10. The number of halogens is 2. The van der Waals surface area contributed by atoms with Crippen molar-refractivity contribution in [2.75, 3.05) is 19.6 Å². The van der Waals surface area contributed by atoms with Crippen LogP contribution in [0.5, 0.6) is 0 Å². The predicted molar refractivity (Wildman–Crippen MR) is 90.9 cm³/mol. The van der Waals surface area contributed by atoms with E-state index < -0.39 is 0 Å². The van der Waals surface area contributed by atoms with Crippen LogP contribution in [0, 0.1) is 5.92 Å². The van der Waals surface area contributed by atoms with Crippen molar-refractivity contribution in [3.05, 3.63) is 33.3 Å². The number of amides is 1. The number of nitrogens with one attached hydrogen (secondary N) is 1. The van der Waals surface area contributed by atoms with E-state index in [2.05, 4.69) is 35.1 Å². The Labute approximate surface area is 140 Å². The van der Waals surface area contributed by atoms with Gasteiger partial charge in [0.1, 0.15) is 0 Å². The van der Waals surface area contributed by atoms with E-state index in [0.29, 0.717) is 16.5 Å². The smallest absolute Gasteiger partial charge is 0.255 e. The molecule has 1 N–H and O–H groups in total. The molecule has 1 fully saturated rings. The number of benzene rings is 1. The second kappa shape index (κ2) is 7.61. The van der Waals surface area contributed by atoms with Gasteiger partial charge in [0.25, 0.3) is 5.91 Å². The molecule has 1 aliphatic heterocycles. The molecule has 1 atom stereocenters. The summed E-state index contributed by atoms with van der Waals surface area (Å²) >= 11 is 9.61. The third-order valence-electron chi connectivity index (χ3n) is 3.90. The maximum Gasteiger partial charge on any atom is 0.255 e. The fourth-order valence-corrected chi connectivity index (χ4v) is 3.26. The summed E-state index contributed by atoms with van der Waals surface area (Å²) in [5.41, 5.74) is 0.573. The molecule has 0 saturated carbocycles. The van der Waals surface area contributed by atoms with Crippen LogP contribution in [0.2, 0.25) is 5.02 Å². The summed E-state index contributed by atoms with van der Waals surface area (Å²) in [5.74, 6) is 0.540. The van der Waals surface area contributed by atoms with Gasteiger partial charge in [-0.05, 0) is 63.9 Å². The highest BCUT2D eigenvalue weighted by Crippen LogP contribution is 2.24. The third kappa shape index (κ3) is 4.44. The topological polar surface area (TPSA) is 32.3 Å². The van der Waals surface area contributed by atoms with Gasteiger partial charge in [0.15, 0.2) is 0 Å². The molecular formula is C16H22BrClN2O. The van der Waals surface area contributed by atoms with Crippen LogP contribution in [-0.4, -0.2) is 36.5 Å². The summed E-state index contributed by atoms with van der Waals surface area (Å²) in [5, 5.41) is 3.92. The van der Waals surface area contributed by atoms with Crippen LogP contribution in [0.3, 0.4) is 0 Å². The standard InChI is InChI=1S/C16H22BrClN2O/c1-11(2)20(10-12-4-3-7-19-9-12)16(21)14-8-13(17)5-6-15(14)18/h5-6,8,11-12,19H,3-4,7,9-10H2,1-2H3. The molecule has 0 aromatic heterocycles. The molecule has 1 saturated heterocycles. The number of hydrogen-bond acceptors (Lipinski definition) is 2. The third-order valence-corrected chi connectivity index (χ3v) is 4.72. The molecule has 1 unspecified atom stereocenters. The minimum atomic E-state index is 0.0156. The molecule has 116 valence electrons. The first-order chi connectivity index (χ1) is 9.99. The molecule has 2 rings (SSSR count). The van der Waals surface area contributed by atoms with E-state index in [4.69, 9.17) is 11.6 Å². The van der Waals surface area contributed by atoms with Gasteiger partial charge in [-0.1, -0.05) is 27.5 Å². The second-order valence-electron chi connectivity index (χ2n) is 5.89. The zero-order chi connectivity index (χ0) is 15.4. The second-order valence-corrected chi connectivity index (χ2v) is 7.21. The summed E-state index contributed by atoms with van der Waals surface area (Å²) in [4.78, 5) is 14.8. The monoisotopic (exact) mass is 372 g/mol. The molecule has 1 aromatic carbocycles. The molecule has 0 radical (unpaired) electrons. The van der Waals surface area contributed by atoms with Crippen molar-refractivity contribution in [1.29, 1.82) is 0 Å². The van der Waals surface area contributed by atoms with E-state index in [1.807, 2.05) is 11.0 Å². The first kappa shape index (κ1) is 16.8. The minimum absolute atomic E-state index is 0.0156. The number of nitrogens with zero attached hydrogens (tertiary/aromatic N) is 1. The number of hydrogen-bond donors (Lipinski definition) is 1. The summed E-state index contributed by atoms with van der Waals surface area (Å²) in [6.07, 6.45) is 2.36. The molecule has 5 heteroatoms. The zero-order valence-corrected chi connectivity index (χ0v) is 14.9. The van der Waals surface area contributed by atoms with Gasteiger partial charge in [0, 0.05) is 17.1 Å². The molecule has 0 bridgehead atoms. The Morgan fingerprint density at radius 3 is 2.90 bits per heavy atom. The fraction of sp³-hybridized carbons (Fsp3) is 0.562. The fourth-order valence-electron chi connectivity index (χ4n) is 2.70. The lowest BCUT2D eigenvalue weighted by atomic mass is 9.98. The quantitative estimate of drug-likeness (QED) is 0.866. The summed E-state index contributed by atoms with van der Waals surface area (Å²) in [6, 6.07) is 5.58. The maximum atomic E-state index is 12.8. The van der Waals surface area contributed by atoms with Crippen LogP contribution >= 0.6 is 27.5 Å². The number of piperidine rings is 1. The molecule has 21 heavy (non-hydrogen) atoms. The van der Waals surface area contributed by atoms with Crippen LogP contribution in [0.25, 0.3) is 0 Å². The SMILES string of the molecule is CC(C)N(CC1CCCNC1)C(=O)c1cc(Br)ccc1Cl.